The first kappa shape index (κ1) is 17.1. The minimum atomic E-state index is -0.313. The van der Waals surface area contributed by atoms with Crippen molar-refractivity contribution in [3.8, 4) is 0 Å². The molecule has 3 aromatic rings. The van der Waals surface area contributed by atoms with Gasteiger partial charge in [-0.15, -0.1) is 0 Å². The fourth-order valence-electron chi connectivity index (χ4n) is 3.07. The molecule has 2 aromatic heterocycles. The second kappa shape index (κ2) is 7.53. The Labute approximate surface area is 156 Å². The van der Waals surface area contributed by atoms with Crippen LogP contribution in [-0.4, -0.2) is 46.1 Å². The monoisotopic (exact) mass is 365 g/mol. The highest BCUT2D eigenvalue weighted by atomic mass is 19.1. The highest BCUT2D eigenvalue weighted by Crippen LogP contribution is 2.23. The van der Waals surface area contributed by atoms with Gasteiger partial charge < -0.3 is 15.1 Å². The van der Waals surface area contributed by atoms with Crippen molar-refractivity contribution >= 4 is 23.3 Å². The van der Waals surface area contributed by atoms with Gasteiger partial charge in [0.1, 0.15) is 23.3 Å². The number of benzene rings is 1. The van der Waals surface area contributed by atoms with Gasteiger partial charge in [0.15, 0.2) is 0 Å². The van der Waals surface area contributed by atoms with Crippen molar-refractivity contribution in [1.82, 2.24) is 19.9 Å². The zero-order chi connectivity index (χ0) is 18.6. The molecule has 1 N–H and O–H groups in total. The number of hydrogen-bond acceptors (Lipinski definition) is 7. The maximum atomic E-state index is 13.9. The summed E-state index contributed by atoms with van der Waals surface area (Å²) in [5.74, 6) is 2.48. The van der Waals surface area contributed by atoms with Gasteiger partial charge in [-0.25, -0.2) is 24.3 Å². The van der Waals surface area contributed by atoms with E-state index in [4.69, 9.17) is 0 Å². The highest BCUT2D eigenvalue weighted by molar-refractivity contribution is 5.60. The molecule has 0 atom stereocenters. The Kier molecular flexibility index (Phi) is 4.78. The molecule has 138 valence electrons. The van der Waals surface area contributed by atoms with E-state index in [9.17, 15) is 4.39 Å². The maximum absolute atomic E-state index is 13.9. The second-order valence-electron chi connectivity index (χ2n) is 6.29. The van der Waals surface area contributed by atoms with Gasteiger partial charge in [-0.3, -0.25) is 0 Å². The Hall–Kier alpha value is -3.29. The number of para-hydroxylation sites is 1. The molecule has 0 saturated carbocycles. The summed E-state index contributed by atoms with van der Waals surface area (Å²) >= 11 is 0. The third-order valence-electron chi connectivity index (χ3n) is 4.40. The van der Waals surface area contributed by atoms with Crippen LogP contribution in [0.4, 0.5) is 27.7 Å². The van der Waals surface area contributed by atoms with E-state index < -0.39 is 0 Å². The molecule has 27 heavy (non-hydrogen) atoms. The Morgan fingerprint density at radius 1 is 0.926 bits per heavy atom. The number of halogens is 1. The lowest BCUT2D eigenvalue weighted by molar-refractivity contribution is 0.631. The van der Waals surface area contributed by atoms with Crippen molar-refractivity contribution in [2.75, 3.05) is 41.3 Å². The smallest absolute Gasteiger partial charge is 0.225 e. The van der Waals surface area contributed by atoms with Crippen LogP contribution in [0.1, 0.15) is 5.82 Å². The lowest BCUT2D eigenvalue weighted by atomic mass is 10.3. The number of piperazine rings is 1. The SMILES string of the molecule is Cc1nc(Nc2ccccc2F)cc(N2CCN(c3ncccn3)CC2)n1. The molecule has 1 saturated heterocycles. The van der Waals surface area contributed by atoms with Gasteiger partial charge >= 0.3 is 0 Å². The minimum Gasteiger partial charge on any atom is -0.353 e. The largest absolute Gasteiger partial charge is 0.353 e. The highest BCUT2D eigenvalue weighted by Gasteiger charge is 2.20. The average Bonchev–Trinajstić information content (AvgIpc) is 2.70. The number of aryl methyl sites for hydroxylation is 1. The second-order valence-corrected chi connectivity index (χ2v) is 6.29. The zero-order valence-corrected chi connectivity index (χ0v) is 15.0. The van der Waals surface area contributed by atoms with E-state index in [0.29, 0.717) is 17.3 Å². The predicted octanol–water partition coefficient (Wildman–Crippen LogP) is 2.78. The maximum Gasteiger partial charge on any atom is 0.225 e. The van der Waals surface area contributed by atoms with Crippen LogP contribution in [-0.2, 0) is 0 Å². The molecule has 0 amide bonds. The molecule has 0 radical (unpaired) electrons. The summed E-state index contributed by atoms with van der Waals surface area (Å²) < 4.78 is 13.9. The minimum absolute atomic E-state index is 0.313. The van der Waals surface area contributed by atoms with Gasteiger partial charge in [-0.05, 0) is 25.1 Å². The summed E-state index contributed by atoms with van der Waals surface area (Å²) in [4.78, 5) is 21.9. The Bertz CT molecular complexity index is 911. The molecule has 1 aliphatic heterocycles. The molecule has 0 aliphatic carbocycles. The first-order chi connectivity index (χ1) is 13.2. The molecular weight excluding hydrogens is 345 g/mol. The summed E-state index contributed by atoms with van der Waals surface area (Å²) in [6, 6.07) is 10.2. The third kappa shape index (κ3) is 3.94. The predicted molar refractivity (Wildman–Crippen MR) is 103 cm³/mol. The topological polar surface area (TPSA) is 70.1 Å². The molecule has 0 bridgehead atoms. The van der Waals surface area contributed by atoms with Crippen LogP contribution < -0.4 is 15.1 Å². The fraction of sp³-hybridized carbons (Fsp3) is 0.263. The van der Waals surface area contributed by atoms with Crippen LogP contribution in [0.2, 0.25) is 0 Å². The number of rotatable bonds is 4. The summed E-state index contributed by atoms with van der Waals surface area (Å²) in [5, 5.41) is 3.04. The Morgan fingerprint density at radius 3 is 2.37 bits per heavy atom. The molecule has 7 nitrogen and oxygen atoms in total. The summed E-state index contributed by atoms with van der Waals surface area (Å²) in [7, 11) is 0. The number of nitrogens with one attached hydrogen (secondary N) is 1. The van der Waals surface area contributed by atoms with Crippen LogP contribution in [0.25, 0.3) is 0 Å². The Morgan fingerprint density at radius 2 is 1.63 bits per heavy atom. The van der Waals surface area contributed by atoms with E-state index in [1.54, 1.807) is 30.6 Å². The molecule has 1 aromatic carbocycles. The molecule has 0 spiro atoms. The van der Waals surface area contributed by atoms with Crippen molar-refractivity contribution in [1.29, 1.82) is 0 Å². The summed E-state index contributed by atoms with van der Waals surface area (Å²) in [6.45, 7) is 5.05. The van der Waals surface area contributed by atoms with E-state index in [1.807, 2.05) is 19.1 Å². The standard InChI is InChI=1S/C19H20FN7/c1-14-23-17(25-16-6-3-2-5-15(16)20)13-18(24-14)26-9-11-27(12-10-26)19-21-7-4-8-22-19/h2-8,13H,9-12H2,1H3,(H,23,24,25). The number of nitrogens with zero attached hydrogens (tertiary/aromatic N) is 6. The van der Waals surface area contributed by atoms with Crippen molar-refractivity contribution in [2.24, 2.45) is 0 Å². The van der Waals surface area contributed by atoms with Crippen molar-refractivity contribution in [3.05, 3.63) is 60.4 Å². The number of anilines is 4. The van der Waals surface area contributed by atoms with Crippen molar-refractivity contribution in [3.63, 3.8) is 0 Å². The van der Waals surface area contributed by atoms with Crippen LogP contribution in [0.5, 0.6) is 0 Å². The van der Waals surface area contributed by atoms with Gasteiger partial charge in [0.05, 0.1) is 5.69 Å². The summed E-state index contributed by atoms with van der Waals surface area (Å²) in [6.07, 6.45) is 3.51. The first-order valence-corrected chi connectivity index (χ1v) is 8.83. The van der Waals surface area contributed by atoms with Crippen LogP contribution >= 0.6 is 0 Å². The number of hydrogen-bond donors (Lipinski definition) is 1. The van der Waals surface area contributed by atoms with Gasteiger partial charge in [0, 0.05) is 44.6 Å². The van der Waals surface area contributed by atoms with E-state index in [2.05, 4.69) is 35.1 Å². The van der Waals surface area contributed by atoms with Gasteiger partial charge in [-0.1, -0.05) is 12.1 Å². The molecule has 1 aliphatic rings. The lowest BCUT2D eigenvalue weighted by Crippen LogP contribution is -2.47. The third-order valence-corrected chi connectivity index (χ3v) is 4.40. The van der Waals surface area contributed by atoms with Crippen molar-refractivity contribution in [2.45, 2.75) is 6.92 Å². The zero-order valence-electron chi connectivity index (χ0n) is 15.0. The molecule has 0 unspecified atom stereocenters. The van der Waals surface area contributed by atoms with Crippen molar-refractivity contribution < 1.29 is 4.39 Å². The summed E-state index contributed by atoms with van der Waals surface area (Å²) in [5.41, 5.74) is 0.396. The van der Waals surface area contributed by atoms with E-state index in [0.717, 1.165) is 37.9 Å². The average molecular weight is 365 g/mol. The number of aromatic nitrogens is 4. The van der Waals surface area contributed by atoms with E-state index in [-0.39, 0.29) is 5.82 Å². The molecule has 1 fully saturated rings. The van der Waals surface area contributed by atoms with Gasteiger partial charge in [-0.2, -0.15) is 0 Å². The van der Waals surface area contributed by atoms with E-state index in [1.165, 1.54) is 6.07 Å². The lowest BCUT2D eigenvalue weighted by Gasteiger charge is -2.35. The molecular formula is C19H20FN7. The normalized spacial score (nSPS) is 14.3. The fourth-order valence-corrected chi connectivity index (χ4v) is 3.07. The van der Waals surface area contributed by atoms with Crippen LogP contribution in [0.15, 0.2) is 48.8 Å². The van der Waals surface area contributed by atoms with Gasteiger partial charge in [0.2, 0.25) is 5.95 Å². The Balaban J connectivity index is 1.48. The molecule has 4 rings (SSSR count). The van der Waals surface area contributed by atoms with Gasteiger partial charge in [0.25, 0.3) is 0 Å². The first-order valence-electron chi connectivity index (χ1n) is 8.83. The molecule has 8 heteroatoms. The van der Waals surface area contributed by atoms with Crippen LogP contribution in [0.3, 0.4) is 0 Å². The molecule has 3 heterocycles. The quantitative estimate of drug-likeness (QED) is 0.762. The van der Waals surface area contributed by atoms with E-state index >= 15 is 0 Å². The van der Waals surface area contributed by atoms with Crippen LogP contribution in [0, 0.1) is 12.7 Å².